The lowest BCUT2D eigenvalue weighted by Crippen LogP contribution is -2.62. The van der Waals surface area contributed by atoms with E-state index in [1.54, 1.807) is 11.0 Å². The maximum absolute atomic E-state index is 13.5. The summed E-state index contributed by atoms with van der Waals surface area (Å²) in [5.41, 5.74) is -0.221. The Labute approximate surface area is 147 Å². The Morgan fingerprint density at radius 1 is 1.28 bits per heavy atom. The third-order valence-corrected chi connectivity index (χ3v) is 5.43. The minimum absolute atomic E-state index is 0.0356. The molecule has 2 aliphatic heterocycles. The van der Waals surface area contributed by atoms with Gasteiger partial charge in [0, 0.05) is 19.1 Å². The Morgan fingerprint density at radius 3 is 2.60 bits per heavy atom. The van der Waals surface area contributed by atoms with Gasteiger partial charge in [0.05, 0.1) is 6.42 Å². The molecule has 6 heteroatoms. The average Bonchev–Trinajstić information content (AvgIpc) is 2.98. The Kier molecular flexibility index (Phi) is 4.71. The van der Waals surface area contributed by atoms with Crippen LogP contribution in [0.3, 0.4) is 0 Å². The molecule has 1 aromatic carbocycles. The summed E-state index contributed by atoms with van der Waals surface area (Å²) in [6.45, 7) is 5.30. The van der Waals surface area contributed by atoms with Crippen LogP contribution in [-0.4, -0.2) is 51.4 Å². The van der Waals surface area contributed by atoms with Gasteiger partial charge in [0.2, 0.25) is 11.8 Å². The van der Waals surface area contributed by atoms with E-state index in [0.717, 1.165) is 19.4 Å². The van der Waals surface area contributed by atoms with E-state index in [1.807, 2.05) is 18.7 Å². The van der Waals surface area contributed by atoms with Gasteiger partial charge in [0.15, 0.2) is 11.6 Å². The number of phenols is 1. The maximum Gasteiger partial charge on any atom is 0.248 e. The van der Waals surface area contributed by atoms with Crippen LogP contribution >= 0.6 is 0 Å². The second kappa shape index (κ2) is 6.65. The first-order valence-electron chi connectivity index (χ1n) is 8.94. The van der Waals surface area contributed by atoms with E-state index in [1.165, 1.54) is 12.1 Å². The van der Waals surface area contributed by atoms with E-state index in [-0.39, 0.29) is 24.3 Å². The van der Waals surface area contributed by atoms with E-state index < -0.39 is 17.1 Å². The molecule has 2 fully saturated rings. The van der Waals surface area contributed by atoms with Crippen molar-refractivity contribution in [2.75, 3.05) is 13.1 Å². The van der Waals surface area contributed by atoms with E-state index >= 15 is 0 Å². The van der Waals surface area contributed by atoms with Crippen LogP contribution in [0.25, 0.3) is 0 Å². The number of aromatic hydroxyl groups is 1. The van der Waals surface area contributed by atoms with Crippen LogP contribution in [0, 0.1) is 5.82 Å². The number of likely N-dealkylation sites (tertiary alicyclic amines) is 2. The van der Waals surface area contributed by atoms with Crippen molar-refractivity contribution in [2.45, 2.75) is 57.5 Å². The molecule has 0 radical (unpaired) electrons. The SMILES string of the molecule is CC(C)N1CCCC2(CCCN2C(=O)Cc2ccc(O)c(F)c2)C1=O. The standard InChI is InChI=1S/C19H25FN2O3/c1-13(2)21-9-3-7-19(18(21)25)8-4-10-22(19)17(24)12-14-5-6-16(23)15(20)11-14/h5-6,11,13,23H,3-4,7-10,12H2,1-2H3. The van der Waals surface area contributed by atoms with Crippen LogP contribution in [0.4, 0.5) is 4.39 Å². The first-order valence-corrected chi connectivity index (χ1v) is 8.94. The third-order valence-electron chi connectivity index (χ3n) is 5.43. The van der Waals surface area contributed by atoms with Crippen molar-refractivity contribution >= 4 is 11.8 Å². The summed E-state index contributed by atoms with van der Waals surface area (Å²) in [6.07, 6.45) is 3.14. The smallest absolute Gasteiger partial charge is 0.248 e. The van der Waals surface area contributed by atoms with Gasteiger partial charge in [-0.1, -0.05) is 6.07 Å². The largest absolute Gasteiger partial charge is 0.505 e. The Bertz CT molecular complexity index is 691. The number of nitrogens with zero attached hydrogens (tertiary/aromatic N) is 2. The van der Waals surface area contributed by atoms with E-state index in [2.05, 4.69) is 0 Å². The number of rotatable bonds is 3. The minimum Gasteiger partial charge on any atom is -0.505 e. The Morgan fingerprint density at radius 2 is 1.96 bits per heavy atom. The highest BCUT2D eigenvalue weighted by atomic mass is 19.1. The van der Waals surface area contributed by atoms with E-state index in [4.69, 9.17) is 0 Å². The molecule has 1 N–H and O–H groups in total. The number of benzene rings is 1. The molecule has 1 unspecified atom stereocenters. The Hall–Kier alpha value is -2.11. The molecule has 0 saturated carbocycles. The van der Waals surface area contributed by atoms with Crippen molar-refractivity contribution in [1.29, 1.82) is 0 Å². The highest BCUT2D eigenvalue weighted by Crippen LogP contribution is 2.39. The van der Waals surface area contributed by atoms with Crippen LogP contribution in [-0.2, 0) is 16.0 Å². The lowest BCUT2D eigenvalue weighted by molar-refractivity contribution is -0.156. The number of carbonyl (C=O) groups excluding carboxylic acids is 2. The van der Waals surface area contributed by atoms with Crippen LogP contribution in [0.2, 0.25) is 0 Å². The molecule has 1 spiro atoms. The molecule has 2 heterocycles. The molecular weight excluding hydrogens is 323 g/mol. The molecule has 0 bridgehead atoms. The van der Waals surface area contributed by atoms with Gasteiger partial charge in [-0.3, -0.25) is 9.59 Å². The van der Waals surface area contributed by atoms with Crippen molar-refractivity contribution in [3.63, 3.8) is 0 Å². The quantitative estimate of drug-likeness (QED) is 0.913. The Balaban J connectivity index is 1.81. The van der Waals surface area contributed by atoms with Crippen molar-refractivity contribution in [3.8, 4) is 5.75 Å². The lowest BCUT2D eigenvalue weighted by atomic mass is 9.84. The highest BCUT2D eigenvalue weighted by molar-refractivity contribution is 5.93. The van der Waals surface area contributed by atoms with Crippen LogP contribution in [0.1, 0.15) is 45.1 Å². The molecule has 2 amide bonds. The molecule has 25 heavy (non-hydrogen) atoms. The van der Waals surface area contributed by atoms with Gasteiger partial charge in [-0.05, 0) is 57.2 Å². The van der Waals surface area contributed by atoms with Crippen LogP contribution < -0.4 is 0 Å². The average molecular weight is 348 g/mol. The van der Waals surface area contributed by atoms with Gasteiger partial charge in [-0.15, -0.1) is 0 Å². The van der Waals surface area contributed by atoms with Crippen LogP contribution in [0.5, 0.6) is 5.75 Å². The number of piperidine rings is 1. The van der Waals surface area contributed by atoms with E-state index in [9.17, 15) is 19.1 Å². The van der Waals surface area contributed by atoms with Crippen molar-refractivity contribution in [3.05, 3.63) is 29.6 Å². The predicted molar refractivity (Wildman–Crippen MR) is 91.5 cm³/mol. The first kappa shape index (κ1) is 17.7. The number of carbonyl (C=O) groups is 2. The fourth-order valence-corrected chi connectivity index (χ4v) is 4.17. The summed E-state index contributed by atoms with van der Waals surface area (Å²) in [4.78, 5) is 29.6. The summed E-state index contributed by atoms with van der Waals surface area (Å²) in [5.74, 6) is -1.26. The maximum atomic E-state index is 13.5. The number of hydrogen-bond donors (Lipinski definition) is 1. The van der Waals surface area contributed by atoms with Crippen LogP contribution in [0.15, 0.2) is 18.2 Å². The molecule has 2 saturated heterocycles. The minimum atomic E-state index is -0.735. The summed E-state index contributed by atoms with van der Waals surface area (Å²) in [6, 6.07) is 4.10. The monoisotopic (exact) mass is 348 g/mol. The van der Waals surface area contributed by atoms with Gasteiger partial charge >= 0.3 is 0 Å². The molecule has 0 aliphatic carbocycles. The topological polar surface area (TPSA) is 60.9 Å². The molecule has 0 aromatic heterocycles. The predicted octanol–water partition coefficient (Wildman–Crippen LogP) is 2.47. The van der Waals surface area contributed by atoms with Crippen molar-refractivity contribution in [1.82, 2.24) is 9.80 Å². The number of amides is 2. The lowest BCUT2D eigenvalue weighted by Gasteiger charge is -2.46. The normalized spacial score (nSPS) is 23.8. The van der Waals surface area contributed by atoms with Gasteiger partial charge in [-0.2, -0.15) is 0 Å². The van der Waals surface area contributed by atoms with Crippen molar-refractivity contribution < 1.29 is 19.1 Å². The fourth-order valence-electron chi connectivity index (χ4n) is 4.17. The molecule has 3 rings (SSSR count). The van der Waals surface area contributed by atoms with E-state index in [0.29, 0.717) is 24.9 Å². The fraction of sp³-hybridized carbons (Fsp3) is 0.579. The molecule has 1 aromatic rings. The second-order valence-corrected chi connectivity index (χ2v) is 7.34. The summed E-state index contributed by atoms with van der Waals surface area (Å²) >= 11 is 0. The van der Waals surface area contributed by atoms with Gasteiger partial charge in [0.25, 0.3) is 0 Å². The van der Waals surface area contributed by atoms with Gasteiger partial charge in [0.1, 0.15) is 5.54 Å². The molecular formula is C19H25FN2O3. The number of halogens is 1. The zero-order chi connectivity index (χ0) is 18.2. The number of phenolic OH excluding ortho intramolecular Hbond substituents is 1. The third kappa shape index (κ3) is 3.10. The van der Waals surface area contributed by atoms with Gasteiger partial charge < -0.3 is 14.9 Å². The van der Waals surface area contributed by atoms with Crippen molar-refractivity contribution in [2.24, 2.45) is 0 Å². The summed E-state index contributed by atoms with van der Waals surface area (Å²) in [5, 5.41) is 9.28. The zero-order valence-corrected chi connectivity index (χ0v) is 14.8. The molecule has 5 nitrogen and oxygen atoms in total. The second-order valence-electron chi connectivity index (χ2n) is 7.34. The highest BCUT2D eigenvalue weighted by Gasteiger charge is 2.52. The molecule has 1 atom stereocenters. The summed E-state index contributed by atoms with van der Waals surface area (Å²) < 4.78 is 13.5. The van der Waals surface area contributed by atoms with Gasteiger partial charge in [-0.25, -0.2) is 4.39 Å². The molecule has 136 valence electrons. The first-order chi connectivity index (χ1) is 11.8. The molecule has 2 aliphatic rings. The zero-order valence-electron chi connectivity index (χ0n) is 14.8. The number of hydrogen-bond acceptors (Lipinski definition) is 3. The summed E-state index contributed by atoms with van der Waals surface area (Å²) in [7, 11) is 0.